The molecule has 0 unspecified atom stereocenters. The molecule has 1 fully saturated rings. The summed E-state index contributed by atoms with van der Waals surface area (Å²) in [5.41, 5.74) is 1.34. The van der Waals surface area contributed by atoms with Gasteiger partial charge in [-0.05, 0) is 37.1 Å². The predicted molar refractivity (Wildman–Crippen MR) is 74.0 cm³/mol. The molecule has 1 aromatic rings. The lowest BCUT2D eigenvalue weighted by Gasteiger charge is -2.29. The lowest BCUT2D eigenvalue weighted by Crippen LogP contribution is -2.30. The number of anilines is 1. The highest BCUT2D eigenvalue weighted by molar-refractivity contribution is 9.10. The van der Waals surface area contributed by atoms with Gasteiger partial charge in [-0.1, -0.05) is 41.6 Å². The molecule has 1 nitrogen and oxygen atoms in total. The fourth-order valence-electron chi connectivity index (χ4n) is 2.53. The Hall–Kier alpha value is -0.500. The molecular formula is C14H20BrN. The summed E-state index contributed by atoms with van der Waals surface area (Å²) in [4.78, 5) is 2.46. The van der Waals surface area contributed by atoms with Crippen LogP contribution in [-0.2, 0) is 0 Å². The van der Waals surface area contributed by atoms with Crippen LogP contribution in [0.3, 0.4) is 0 Å². The SMILES string of the molecule is CN(c1ccc(Br)cc1)C1CCCCCC1. The summed E-state index contributed by atoms with van der Waals surface area (Å²) < 4.78 is 1.16. The van der Waals surface area contributed by atoms with Gasteiger partial charge >= 0.3 is 0 Å². The van der Waals surface area contributed by atoms with Gasteiger partial charge in [-0.3, -0.25) is 0 Å². The summed E-state index contributed by atoms with van der Waals surface area (Å²) in [6.07, 6.45) is 8.34. The van der Waals surface area contributed by atoms with Crippen molar-refractivity contribution >= 4 is 21.6 Å². The smallest absolute Gasteiger partial charge is 0.0366 e. The van der Waals surface area contributed by atoms with Gasteiger partial charge in [-0.25, -0.2) is 0 Å². The first-order valence-corrected chi connectivity index (χ1v) is 7.05. The largest absolute Gasteiger partial charge is 0.372 e. The van der Waals surface area contributed by atoms with Crippen molar-refractivity contribution in [3.63, 3.8) is 0 Å². The minimum absolute atomic E-state index is 0.740. The van der Waals surface area contributed by atoms with Crippen LogP contribution >= 0.6 is 15.9 Å². The van der Waals surface area contributed by atoms with Crippen LogP contribution in [0.2, 0.25) is 0 Å². The predicted octanol–water partition coefficient (Wildman–Crippen LogP) is 4.61. The quantitative estimate of drug-likeness (QED) is 0.716. The fourth-order valence-corrected chi connectivity index (χ4v) is 2.80. The summed E-state index contributed by atoms with van der Waals surface area (Å²) in [6, 6.07) is 9.40. The molecule has 16 heavy (non-hydrogen) atoms. The van der Waals surface area contributed by atoms with Crippen molar-refractivity contribution in [3.8, 4) is 0 Å². The Labute approximate surface area is 107 Å². The maximum atomic E-state index is 3.48. The first-order chi connectivity index (χ1) is 7.77. The standard InChI is InChI=1S/C14H20BrN/c1-16(13-6-4-2-3-5-7-13)14-10-8-12(15)9-11-14/h8-11,13H,2-7H2,1H3. The molecule has 1 aliphatic carbocycles. The van der Waals surface area contributed by atoms with E-state index in [1.807, 2.05) is 0 Å². The average molecular weight is 282 g/mol. The van der Waals surface area contributed by atoms with Crippen molar-refractivity contribution in [1.82, 2.24) is 0 Å². The molecule has 2 heteroatoms. The Morgan fingerprint density at radius 1 is 1.00 bits per heavy atom. The van der Waals surface area contributed by atoms with E-state index in [-0.39, 0.29) is 0 Å². The Morgan fingerprint density at radius 2 is 1.56 bits per heavy atom. The topological polar surface area (TPSA) is 3.24 Å². The van der Waals surface area contributed by atoms with Gasteiger partial charge in [0.05, 0.1) is 0 Å². The second-order valence-electron chi connectivity index (χ2n) is 4.73. The molecule has 0 heterocycles. The number of benzene rings is 1. The van der Waals surface area contributed by atoms with Crippen molar-refractivity contribution in [2.75, 3.05) is 11.9 Å². The third-order valence-electron chi connectivity index (χ3n) is 3.61. The van der Waals surface area contributed by atoms with Gasteiger partial charge in [-0.15, -0.1) is 0 Å². The van der Waals surface area contributed by atoms with Crippen molar-refractivity contribution < 1.29 is 0 Å². The number of nitrogens with zero attached hydrogens (tertiary/aromatic N) is 1. The first kappa shape index (κ1) is 12.0. The molecule has 1 saturated carbocycles. The molecule has 0 saturated heterocycles. The van der Waals surface area contributed by atoms with Gasteiger partial charge in [0, 0.05) is 23.2 Å². The zero-order chi connectivity index (χ0) is 11.4. The Morgan fingerprint density at radius 3 is 2.12 bits per heavy atom. The second kappa shape index (κ2) is 5.72. The molecule has 88 valence electrons. The van der Waals surface area contributed by atoms with Crippen LogP contribution in [0, 0.1) is 0 Å². The molecule has 0 aliphatic heterocycles. The van der Waals surface area contributed by atoms with Gasteiger partial charge in [-0.2, -0.15) is 0 Å². The minimum Gasteiger partial charge on any atom is -0.372 e. The van der Waals surface area contributed by atoms with E-state index in [0.29, 0.717) is 0 Å². The van der Waals surface area contributed by atoms with Crippen LogP contribution in [0.1, 0.15) is 38.5 Å². The summed E-state index contributed by atoms with van der Waals surface area (Å²) >= 11 is 3.48. The number of hydrogen-bond acceptors (Lipinski definition) is 1. The van der Waals surface area contributed by atoms with Gasteiger partial charge in [0.2, 0.25) is 0 Å². The Kier molecular flexibility index (Phi) is 4.28. The molecule has 2 rings (SSSR count). The zero-order valence-corrected chi connectivity index (χ0v) is 11.5. The van der Waals surface area contributed by atoms with Crippen LogP contribution in [0.25, 0.3) is 0 Å². The monoisotopic (exact) mass is 281 g/mol. The molecule has 0 spiro atoms. The normalized spacial score (nSPS) is 18.1. The number of rotatable bonds is 2. The molecule has 1 aliphatic rings. The van der Waals surface area contributed by atoms with Crippen LogP contribution in [0.4, 0.5) is 5.69 Å². The van der Waals surface area contributed by atoms with Gasteiger partial charge in [0.15, 0.2) is 0 Å². The van der Waals surface area contributed by atoms with Crippen LogP contribution < -0.4 is 4.90 Å². The molecule has 0 aromatic heterocycles. The van der Waals surface area contributed by atoms with Crippen LogP contribution in [-0.4, -0.2) is 13.1 Å². The van der Waals surface area contributed by atoms with E-state index in [2.05, 4.69) is 52.1 Å². The Balaban J connectivity index is 2.04. The maximum Gasteiger partial charge on any atom is 0.0366 e. The maximum absolute atomic E-state index is 3.48. The number of hydrogen-bond donors (Lipinski definition) is 0. The van der Waals surface area contributed by atoms with E-state index >= 15 is 0 Å². The van der Waals surface area contributed by atoms with Crippen molar-refractivity contribution in [2.24, 2.45) is 0 Å². The lowest BCUT2D eigenvalue weighted by molar-refractivity contribution is 0.553. The van der Waals surface area contributed by atoms with Crippen LogP contribution in [0.15, 0.2) is 28.7 Å². The summed E-state index contributed by atoms with van der Waals surface area (Å²) in [5, 5.41) is 0. The van der Waals surface area contributed by atoms with Crippen molar-refractivity contribution in [1.29, 1.82) is 0 Å². The van der Waals surface area contributed by atoms with E-state index in [0.717, 1.165) is 10.5 Å². The number of halogens is 1. The van der Waals surface area contributed by atoms with E-state index in [1.54, 1.807) is 0 Å². The summed E-state index contributed by atoms with van der Waals surface area (Å²) in [7, 11) is 2.24. The molecular weight excluding hydrogens is 262 g/mol. The fraction of sp³-hybridized carbons (Fsp3) is 0.571. The van der Waals surface area contributed by atoms with E-state index in [9.17, 15) is 0 Å². The summed E-state index contributed by atoms with van der Waals surface area (Å²) in [5.74, 6) is 0. The highest BCUT2D eigenvalue weighted by Gasteiger charge is 2.16. The van der Waals surface area contributed by atoms with E-state index < -0.39 is 0 Å². The highest BCUT2D eigenvalue weighted by atomic mass is 79.9. The molecule has 1 aromatic carbocycles. The Bertz CT molecular complexity index is 312. The summed E-state index contributed by atoms with van der Waals surface area (Å²) in [6.45, 7) is 0. The minimum atomic E-state index is 0.740. The van der Waals surface area contributed by atoms with Crippen LogP contribution in [0.5, 0.6) is 0 Å². The average Bonchev–Trinajstić information content (AvgIpc) is 2.57. The highest BCUT2D eigenvalue weighted by Crippen LogP contribution is 2.26. The van der Waals surface area contributed by atoms with E-state index in [1.165, 1.54) is 44.2 Å². The molecule has 0 bridgehead atoms. The van der Waals surface area contributed by atoms with E-state index in [4.69, 9.17) is 0 Å². The molecule has 0 atom stereocenters. The molecule has 0 amide bonds. The van der Waals surface area contributed by atoms with Crippen molar-refractivity contribution in [2.45, 2.75) is 44.6 Å². The molecule has 0 radical (unpaired) electrons. The van der Waals surface area contributed by atoms with Crippen molar-refractivity contribution in [3.05, 3.63) is 28.7 Å². The van der Waals surface area contributed by atoms with Gasteiger partial charge in [0.25, 0.3) is 0 Å². The third-order valence-corrected chi connectivity index (χ3v) is 4.13. The lowest BCUT2D eigenvalue weighted by atomic mass is 10.1. The second-order valence-corrected chi connectivity index (χ2v) is 5.65. The van der Waals surface area contributed by atoms with Gasteiger partial charge in [0.1, 0.15) is 0 Å². The van der Waals surface area contributed by atoms with Gasteiger partial charge < -0.3 is 4.90 Å². The first-order valence-electron chi connectivity index (χ1n) is 6.26. The zero-order valence-electron chi connectivity index (χ0n) is 9.95. The third kappa shape index (κ3) is 3.00. The molecule has 0 N–H and O–H groups in total.